The van der Waals surface area contributed by atoms with Gasteiger partial charge in [-0.2, -0.15) is 0 Å². The summed E-state index contributed by atoms with van der Waals surface area (Å²) in [7, 11) is 0. The number of benzene rings is 1. The van der Waals surface area contributed by atoms with E-state index in [1.165, 1.54) is 11.8 Å². The van der Waals surface area contributed by atoms with Gasteiger partial charge >= 0.3 is 5.97 Å². The second-order valence-electron chi connectivity index (χ2n) is 7.45. The molecule has 4 rings (SSSR count). The van der Waals surface area contributed by atoms with Gasteiger partial charge < -0.3 is 20.1 Å². The van der Waals surface area contributed by atoms with Crippen LogP contribution in [0.15, 0.2) is 72.0 Å². The molecule has 1 unspecified atom stereocenters. The summed E-state index contributed by atoms with van der Waals surface area (Å²) >= 11 is 1.44. The summed E-state index contributed by atoms with van der Waals surface area (Å²) in [5.74, 6) is 0.469. The van der Waals surface area contributed by atoms with E-state index < -0.39 is 5.97 Å². The van der Waals surface area contributed by atoms with E-state index in [1.54, 1.807) is 29.6 Å². The van der Waals surface area contributed by atoms with Crippen LogP contribution in [-0.4, -0.2) is 46.6 Å². The van der Waals surface area contributed by atoms with Crippen LogP contribution in [0.25, 0.3) is 0 Å². The molecule has 2 N–H and O–H groups in total. The highest BCUT2D eigenvalue weighted by Crippen LogP contribution is 2.42. The van der Waals surface area contributed by atoms with Crippen LogP contribution in [0.5, 0.6) is 5.75 Å². The summed E-state index contributed by atoms with van der Waals surface area (Å²) < 4.78 is 5.69. The maximum absolute atomic E-state index is 12.5. The van der Waals surface area contributed by atoms with Crippen molar-refractivity contribution in [3.63, 3.8) is 0 Å². The SMILES string of the molecule is O=C(O)CC(Sc1ccc2c(c1)OCC(=O)N2CCCNc1ccccn1)c1cccnc1. The highest BCUT2D eigenvalue weighted by Gasteiger charge is 2.26. The molecule has 0 radical (unpaired) electrons. The van der Waals surface area contributed by atoms with Gasteiger partial charge in [0.05, 0.1) is 12.1 Å². The molecule has 33 heavy (non-hydrogen) atoms. The average Bonchev–Trinajstić information content (AvgIpc) is 2.83. The zero-order chi connectivity index (χ0) is 23.0. The zero-order valence-corrected chi connectivity index (χ0v) is 18.7. The third-order valence-electron chi connectivity index (χ3n) is 5.10. The van der Waals surface area contributed by atoms with Gasteiger partial charge in [0, 0.05) is 41.8 Å². The van der Waals surface area contributed by atoms with Crippen LogP contribution < -0.4 is 15.0 Å². The zero-order valence-electron chi connectivity index (χ0n) is 17.9. The standard InChI is InChI=1S/C24H24N4O4S/c29-23-16-32-20-13-18(33-21(14-24(30)31)17-5-3-9-25-15-17)7-8-19(20)28(23)12-4-11-27-22-6-1-2-10-26-22/h1-3,5-10,13,15,21H,4,11-12,14,16H2,(H,26,27)(H,30,31). The van der Waals surface area contributed by atoms with Gasteiger partial charge in [0.2, 0.25) is 0 Å². The average molecular weight is 465 g/mol. The number of amides is 1. The largest absolute Gasteiger partial charge is 0.482 e. The smallest absolute Gasteiger partial charge is 0.304 e. The van der Waals surface area contributed by atoms with Crippen LogP contribution in [0.2, 0.25) is 0 Å². The van der Waals surface area contributed by atoms with Crippen molar-refractivity contribution < 1.29 is 19.4 Å². The quantitative estimate of drug-likeness (QED) is 0.343. The molecular weight excluding hydrogens is 440 g/mol. The van der Waals surface area contributed by atoms with Gasteiger partial charge in [0.1, 0.15) is 11.6 Å². The molecule has 0 saturated carbocycles. The number of nitrogens with one attached hydrogen (secondary N) is 1. The van der Waals surface area contributed by atoms with E-state index in [1.807, 2.05) is 42.5 Å². The Bertz CT molecular complexity index is 1100. The maximum atomic E-state index is 12.5. The second kappa shape index (κ2) is 10.8. The Morgan fingerprint density at radius 1 is 1.21 bits per heavy atom. The lowest BCUT2D eigenvalue weighted by Gasteiger charge is -2.30. The number of pyridine rings is 2. The molecule has 0 bridgehead atoms. The number of carbonyl (C=O) groups is 2. The molecule has 0 saturated heterocycles. The van der Waals surface area contributed by atoms with E-state index in [9.17, 15) is 14.7 Å². The van der Waals surface area contributed by atoms with Gasteiger partial charge in [0.25, 0.3) is 5.91 Å². The highest BCUT2D eigenvalue weighted by atomic mass is 32.2. The normalized spacial score (nSPS) is 13.7. The number of aromatic nitrogens is 2. The van der Waals surface area contributed by atoms with Gasteiger partial charge in [-0.3, -0.25) is 14.6 Å². The fraction of sp³-hybridized carbons (Fsp3) is 0.250. The molecule has 0 fully saturated rings. The number of aliphatic carboxylic acids is 1. The Labute approximate surface area is 196 Å². The first-order valence-corrected chi connectivity index (χ1v) is 11.5. The fourth-order valence-corrected chi connectivity index (χ4v) is 4.69. The first kappa shape index (κ1) is 22.6. The molecular formula is C24H24N4O4S. The summed E-state index contributed by atoms with van der Waals surface area (Å²) in [5, 5.41) is 12.3. The molecule has 8 nitrogen and oxygen atoms in total. The van der Waals surface area contributed by atoms with Crippen molar-refractivity contribution in [2.75, 3.05) is 29.9 Å². The molecule has 1 aliphatic rings. The van der Waals surface area contributed by atoms with Crippen LogP contribution >= 0.6 is 11.8 Å². The third kappa shape index (κ3) is 6.01. The van der Waals surface area contributed by atoms with Crippen LogP contribution in [-0.2, 0) is 9.59 Å². The molecule has 1 aromatic carbocycles. The molecule has 3 aromatic rings. The number of carboxylic acid groups (broad SMARTS) is 1. The minimum atomic E-state index is -0.873. The van der Waals surface area contributed by atoms with Crippen LogP contribution in [0, 0.1) is 0 Å². The van der Waals surface area contributed by atoms with E-state index in [-0.39, 0.29) is 24.2 Å². The van der Waals surface area contributed by atoms with Crippen LogP contribution in [0.3, 0.4) is 0 Å². The minimum Gasteiger partial charge on any atom is -0.482 e. The Hall–Kier alpha value is -3.59. The molecule has 1 aliphatic heterocycles. The summed E-state index contributed by atoms with van der Waals surface area (Å²) in [4.78, 5) is 34.8. The lowest BCUT2D eigenvalue weighted by atomic mass is 10.1. The highest BCUT2D eigenvalue weighted by molar-refractivity contribution is 7.99. The number of carbonyl (C=O) groups excluding carboxylic acids is 1. The van der Waals surface area contributed by atoms with Crippen LogP contribution in [0.4, 0.5) is 11.5 Å². The maximum Gasteiger partial charge on any atom is 0.304 e. The molecule has 0 aliphatic carbocycles. The van der Waals surface area contributed by atoms with Crippen molar-refractivity contribution in [2.24, 2.45) is 0 Å². The number of nitrogens with zero attached hydrogens (tertiary/aromatic N) is 3. The number of carboxylic acids is 1. The van der Waals surface area contributed by atoms with Crippen molar-refractivity contribution in [3.05, 3.63) is 72.7 Å². The Morgan fingerprint density at radius 3 is 2.88 bits per heavy atom. The first-order valence-electron chi connectivity index (χ1n) is 10.6. The number of anilines is 2. The van der Waals surface area contributed by atoms with E-state index in [4.69, 9.17) is 4.74 Å². The van der Waals surface area contributed by atoms with Gasteiger partial charge in [-0.25, -0.2) is 4.98 Å². The predicted octanol–water partition coefficient (Wildman–Crippen LogP) is 4.01. The molecule has 0 spiro atoms. The summed E-state index contributed by atoms with van der Waals surface area (Å²) in [5.41, 5.74) is 1.57. The van der Waals surface area contributed by atoms with Crippen molar-refractivity contribution in [2.45, 2.75) is 23.0 Å². The molecule has 3 heterocycles. The Kier molecular flexibility index (Phi) is 7.41. The minimum absolute atomic E-state index is 0.0179. The van der Waals surface area contributed by atoms with Gasteiger partial charge in [-0.15, -0.1) is 11.8 Å². The van der Waals surface area contributed by atoms with Gasteiger partial charge in [-0.1, -0.05) is 12.1 Å². The van der Waals surface area contributed by atoms with Crippen molar-refractivity contribution in [3.8, 4) is 5.75 Å². The van der Waals surface area contributed by atoms with E-state index in [0.717, 1.165) is 28.4 Å². The monoisotopic (exact) mass is 464 g/mol. The van der Waals surface area contributed by atoms with Gasteiger partial charge in [0.15, 0.2) is 6.61 Å². The summed E-state index contributed by atoms with van der Waals surface area (Å²) in [6, 6.07) is 15.0. The van der Waals surface area contributed by atoms with Crippen LogP contribution in [0.1, 0.15) is 23.7 Å². The van der Waals surface area contributed by atoms with E-state index in [2.05, 4.69) is 15.3 Å². The topological polar surface area (TPSA) is 105 Å². The summed E-state index contributed by atoms with van der Waals surface area (Å²) in [6.45, 7) is 1.22. The molecule has 1 atom stereocenters. The Balaban J connectivity index is 1.43. The number of ether oxygens (including phenoxy) is 1. The number of hydrogen-bond acceptors (Lipinski definition) is 7. The van der Waals surface area contributed by atoms with Crippen molar-refractivity contribution in [1.82, 2.24) is 9.97 Å². The molecule has 9 heteroatoms. The van der Waals surface area contributed by atoms with Gasteiger partial charge in [-0.05, 0) is 48.4 Å². The van der Waals surface area contributed by atoms with Crippen molar-refractivity contribution >= 4 is 35.1 Å². The fourth-order valence-electron chi connectivity index (χ4n) is 3.54. The number of fused-ring (bicyclic) bond motifs is 1. The predicted molar refractivity (Wildman–Crippen MR) is 127 cm³/mol. The second-order valence-corrected chi connectivity index (χ2v) is 8.73. The molecule has 2 aromatic heterocycles. The molecule has 1 amide bonds. The number of rotatable bonds is 10. The lowest BCUT2D eigenvalue weighted by Crippen LogP contribution is -2.39. The van der Waals surface area contributed by atoms with E-state index in [0.29, 0.717) is 18.8 Å². The van der Waals surface area contributed by atoms with E-state index >= 15 is 0 Å². The third-order valence-corrected chi connectivity index (χ3v) is 6.35. The lowest BCUT2D eigenvalue weighted by molar-refractivity contribution is -0.137. The number of hydrogen-bond donors (Lipinski definition) is 2. The number of thioether (sulfide) groups is 1. The summed E-state index contributed by atoms with van der Waals surface area (Å²) in [6.07, 6.45) is 5.81. The Morgan fingerprint density at radius 2 is 2.12 bits per heavy atom. The molecule has 170 valence electrons. The first-order chi connectivity index (χ1) is 16.1. The van der Waals surface area contributed by atoms with Crippen molar-refractivity contribution in [1.29, 1.82) is 0 Å².